The van der Waals surface area contributed by atoms with Crippen molar-refractivity contribution < 1.29 is 14.7 Å². The number of carbonyl (C=O) groups is 2. The molecule has 1 aromatic rings. The van der Waals surface area contributed by atoms with Gasteiger partial charge in [0.05, 0.1) is 17.7 Å². The Bertz CT molecular complexity index is 496. The van der Waals surface area contributed by atoms with E-state index in [0.29, 0.717) is 31.0 Å². The van der Waals surface area contributed by atoms with Crippen molar-refractivity contribution in [2.24, 2.45) is 11.8 Å². The van der Waals surface area contributed by atoms with Gasteiger partial charge in [-0.25, -0.2) is 0 Å². The molecule has 1 aromatic heterocycles. The second-order valence-electron chi connectivity index (χ2n) is 5.77. The van der Waals surface area contributed by atoms with Gasteiger partial charge in [-0.15, -0.1) is 0 Å². The summed E-state index contributed by atoms with van der Waals surface area (Å²) in [6.07, 6.45) is 4.69. The summed E-state index contributed by atoms with van der Waals surface area (Å²) in [6, 6.07) is 0. The van der Waals surface area contributed by atoms with Crippen LogP contribution in [0.3, 0.4) is 0 Å². The molecule has 0 spiro atoms. The van der Waals surface area contributed by atoms with E-state index < -0.39 is 11.9 Å². The van der Waals surface area contributed by atoms with E-state index in [1.807, 2.05) is 0 Å². The van der Waals surface area contributed by atoms with Gasteiger partial charge in [-0.05, 0) is 18.8 Å². The number of amides is 1. The summed E-state index contributed by atoms with van der Waals surface area (Å²) in [5, 5.41) is 13.2. The van der Waals surface area contributed by atoms with Gasteiger partial charge in [0.2, 0.25) is 0 Å². The summed E-state index contributed by atoms with van der Waals surface area (Å²) in [7, 11) is 0. The number of aromatic nitrogens is 2. The van der Waals surface area contributed by atoms with Crippen LogP contribution in [0.15, 0.2) is 12.4 Å². The van der Waals surface area contributed by atoms with Gasteiger partial charge in [0, 0.05) is 25.8 Å². The Balaban J connectivity index is 2.03. The van der Waals surface area contributed by atoms with Crippen molar-refractivity contribution >= 4 is 11.9 Å². The minimum absolute atomic E-state index is 0.119. The Morgan fingerprint density at radius 3 is 2.90 bits per heavy atom. The Labute approximate surface area is 118 Å². The maximum Gasteiger partial charge on any atom is 0.308 e. The van der Waals surface area contributed by atoms with Crippen LogP contribution >= 0.6 is 0 Å². The van der Waals surface area contributed by atoms with Crippen LogP contribution in [0.5, 0.6) is 0 Å². The van der Waals surface area contributed by atoms with Crippen molar-refractivity contribution in [2.45, 2.75) is 33.2 Å². The standard InChI is InChI=1S/C14H21N3O3/c1-10(2)7-17-9-12(6-15-17)13(18)16-5-3-4-11(8-16)14(19)20/h6,9-11H,3-5,7-8H2,1-2H3,(H,19,20). The van der Waals surface area contributed by atoms with Crippen LogP contribution in [0.25, 0.3) is 0 Å². The van der Waals surface area contributed by atoms with Crippen molar-refractivity contribution in [1.82, 2.24) is 14.7 Å². The summed E-state index contributed by atoms with van der Waals surface area (Å²) >= 11 is 0. The molecular formula is C14H21N3O3. The van der Waals surface area contributed by atoms with E-state index in [1.54, 1.807) is 22.0 Å². The third-order valence-electron chi connectivity index (χ3n) is 3.49. The molecule has 20 heavy (non-hydrogen) atoms. The monoisotopic (exact) mass is 279 g/mol. The Hall–Kier alpha value is -1.85. The highest BCUT2D eigenvalue weighted by Gasteiger charge is 2.29. The molecule has 0 bridgehead atoms. The van der Waals surface area contributed by atoms with Gasteiger partial charge in [0.1, 0.15) is 0 Å². The van der Waals surface area contributed by atoms with Crippen molar-refractivity contribution in [2.75, 3.05) is 13.1 Å². The predicted molar refractivity (Wildman–Crippen MR) is 73.3 cm³/mol. The van der Waals surface area contributed by atoms with E-state index in [9.17, 15) is 9.59 Å². The molecule has 0 aliphatic carbocycles. The highest BCUT2D eigenvalue weighted by atomic mass is 16.4. The van der Waals surface area contributed by atoms with Crippen LogP contribution in [-0.4, -0.2) is 44.8 Å². The first-order valence-corrected chi connectivity index (χ1v) is 7.02. The molecule has 1 N–H and O–H groups in total. The number of nitrogens with zero attached hydrogens (tertiary/aromatic N) is 3. The molecule has 1 aliphatic heterocycles. The second-order valence-corrected chi connectivity index (χ2v) is 5.77. The number of likely N-dealkylation sites (tertiary alicyclic amines) is 1. The molecule has 1 aliphatic rings. The lowest BCUT2D eigenvalue weighted by atomic mass is 9.98. The lowest BCUT2D eigenvalue weighted by Crippen LogP contribution is -2.42. The zero-order valence-corrected chi connectivity index (χ0v) is 12.0. The lowest BCUT2D eigenvalue weighted by molar-refractivity contribution is -0.143. The molecule has 2 rings (SSSR count). The van der Waals surface area contributed by atoms with Crippen molar-refractivity contribution in [3.05, 3.63) is 18.0 Å². The average Bonchev–Trinajstić information content (AvgIpc) is 2.85. The van der Waals surface area contributed by atoms with Crippen LogP contribution in [0, 0.1) is 11.8 Å². The Morgan fingerprint density at radius 2 is 2.25 bits per heavy atom. The fraction of sp³-hybridized carbons (Fsp3) is 0.643. The van der Waals surface area contributed by atoms with Gasteiger partial charge in [0.15, 0.2) is 0 Å². The van der Waals surface area contributed by atoms with Gasteiger partial charge < -0.3 is 10.0 Å². The number of hydrogen-bond acceptors (Lipinski definition) is 3. The molecule has 1 saturated heterocycles. The highest BCUT2D eigenvalue weighted by molar-refractivity contribution is 5.94. The van der Waals surface area contributed by atoms with Crippen molar-refractivity contribution in [3.8, 4) is 0 Å². The molecule has 6 nitrogen and oxygen atoms in total. The number of piperidine rings is 1. The molecule has 0 aromatic carbocycles. The van der Waals surface area contributed by atoms with Crippen LogP contribution in [-0.2, 0) is 11.3 Å². The van der Waals surface area contributed by atoms with E-state index in [4.69, 9.17) is 5.11 Å². The molecule has 0 radical (unpaired) electrons. The fourth-order valence-electron chi connectivity index (χ4n) is 2.49. The number of carboxylic acids is 1. The van der Waals surface area contributed by atoms with E-state index in [0.717, 1.165) is 13.0 Å². The van der Waals surface area contributed by atoms with Crippen LogP contribution < -0.4 is 0 Å². The lowest BCUT2D eigenvalue weighted by Gasteiger charge is -2.30. The minimum atomic E-state index is -0.821. The van der Waals surface area contributed by atoms with Crippen molar-refractivity contribution in [3.63, 3.8) is 0 Å². The number of aliphatic carboxylic acids is 1. The minimum Gasteiger partial charge on any atom is -0.481 e. The molecule has 1 unspecified atom stereocenters. The van der Waals surface area contributed by atoms with E-state index in [2.05, 4.69) is 18.9 Å². The SMILES string of the molecule is CC(C)Cn1cc(C(=O)N2CCCC(C(=O)O)C2)cn1. The zero-order valence-electron chi connectivity index (χ0n) is 12.0. The molecule has 2 heterocycles. The molecule has 1 atom stereocenters. The molecule has 0 saturated carbocycles. The average molecular weight is 279 g/mol. The number of carbonyl (C=O) groups excluding carboxylic acids is 1. The van der Waals surface area contributed by atoms with Crippen LogP contribution in [0.2, 0.25) is 0 Å². The van der Waals surface area contributed by atoms with E-state index in [-0.39, 0.29) is 5.91 Å². The third-order valence-corrected chi connectivity index (χ3v) is 3.49. The topological polar surface area (TPSA) is 75.4 Å². The summed E-state index contributed by atoms with van der Waals surface area (Å²) < 4.78 is 1.76. The largest absolute Gasteiger partial charge is 0.481 e. The first-order chi connectivity index (χ1) is 9.47. The van der Waals surface area contributed by atoms with Gasteiger partial charge >= 0.3 is 5.97 Å². The maximum absolute atomic E-state index is 12.3. The van der Waals surface area contributed by atoms with Crippen LogP contribution in [0.4, 0.5) is 0 Å². The van der Waals surface area contributed by atoms with Gasteiger partial charge in [-0.1, -0.05) is 13.8 Å². The Kier molecular flexibility index (Phi) is 4.42. The maximum atomic E-state index is 12.3. The van der Waals surface area contributed by atoms with Gasteiger partial charge in [-0.3, -0.25) is 14.3 Å². The summed E-state index contributed by atoms with van der Waals surface area (Å²) in [6.45, 7) is 5.86. The Morgan fingerprint density at radius 1 is 1.50 bits per heavy atom. The van der Waals surface area contributed by atoms with E-state index in [1.165, 1.54) is 0 Å². The van der Waals surface area contributed by atoms with E-state index >= 15 is 0 Å². The highest BCUT2D eigenvalue weighted by Crippen LogP contribution is 2.18. The third kappa shape index (κ3) is 3.37. The number of carboxylic acid groups (broad SMARTS) is 1. The number of hydrogen-bond donors (Lipinski definition) is 1. The summed E-state index contributed by atoms with van der Waals surface area (Å²) in [5.41, 5.74) is 0.539. The summed E-state index contributed by atoms with van der Waals surface area (Å²) in [5.74, 6) is -0.924. The summed E-state index contributed by atoms with van der Waals surface area (Å²) in [4.78, 5) is 25.0. The van der Waals surface area contributed by atoms with Gasteiger partial charge in [0.25, 0.3) is 5.91 Å². The molecular weight excluding hydrogens is 258 g/mol. The molecule has 6 heteroatoms. The number of rotatable bonds is 4. The first kappa shape index (κ1) is 14.6. The first-order valence-electron chi connectivity index (χ1n) is 7.02. The molecule has 110 valence electrons. The second kappa shape index (κ2) is 6.07. The van der Waals surface area contributed by atoms with Gasteiger partial charge in [-0.2, -0.15) is 5.10 Å². The molecule has 1 fully saturated rings. The zero-order chi connectivity index (χ0) is 14.7. The van der Waals surface area contributed by atoms with Crippen molar-refractivity contribution in [1.29, 1.82) is 0 Å². The predicted octanol–water partition coefficient (Wildman–Crippen LogP) is 1.48. The van der Waals surface area contributed by atoms with Crippen LogP contribution in [0.1, 0.15) is 37.0 Å². The smallest absolute Gasteiger partial charge is 0.308 e. The fourth-order valence-corrected chi connectivity index (χ4v) is 2.49. The normalized spacial score (nSPS) is 19.4. The quantitative estimate of drug-likeness (QED) is 0.905. The molecule has 1 amide bonds.